The summed E-state index contributed by atoms with van der Waals surface area (Å²) >= 11 is 0. The highest BCUT2D eigenvalue weighted by atomic mass is 16.5. The Morgan fingerprint density at radius 2 is 2.11 bits per heavy atom. The molecule has 0 unspecified atom stereocenters. The maximum absolute atomic E-state index is 10.3. The molecule has 0 atom stereocenters. The van der Waals surface area contributed by atoms with Gasteiger partial charge in [-0.2, -0.15) is 0 Å². The molecule has 0 spiro atoms. The number of nitrogens with one attached hydrogen (secondary N) is 1. The van der Waals surface area contributed by atoms with Gasteiger partial charge in [0.25, 0.3) is 0 Å². The quantitative estimate of drug-likeness (QED) is 0.654. The number of anilines is 1. The fourth-order valence-electron chi connectivity index (χ4n) is 1.52. The Balaban J connectivity index is 2.08. The lowest BCUT2D eigenvalue weighted by molar-refractivity contribution is -0.137. The molecule has 2 N–H and O–H groups in total. The topological polar surface area (TPSA) is 84.3 Å². The van der Waals surface area contributed by atoms with Crippen LogP contribution in [0.2, 0.25) is 0 Å². The van der Waals surface area contributed by atoms with Crippen molar-refractivity contribution in [1.29, 1.82) is 0 Å². The third-order valence-corrected chi connectivity index (χ3v) is 2.47. The molecule has 0 fully saturated rings. The van der Waals surface area contributed by atoms with E-state index in [-0.39, 0.29) is 6.42 Å². The van der Waals surface area contributed by atoms with Gasteiger partial charge >= 0.3 is 5.97 Å². The van der Waals surface area contributed by atoms with Crippen molar-refractivity contribution in [3.8, 4) is 5.88 Å². The second-order valence-electron chi connectivity index (χ2n) is 3.93. The van der Waals surface area contributed by atoms with E-state index >= 15 is 0 Å². The Morgan fingerprint density at radius 1 is 1.33 bits per heavy atom. The lowest BCUT2D eigenvalue weighted by Gasteiger charge is -2.06. The van der Waals surface area contributed by atoms with E-state index in [1.165, 1.54) is 6.33 Å². The second kappa shape index (κ2) is 8.27. The minimum atomic E-state index is -0.721. The van der Waals surface area contributed by atoms with Gasteiger partial charge in [-0.25, -0.2) is 9.97 Å². The van der Waals surface area contributed by atoms with Crippen molar-refractivity contribution in [2.45, 2.75) is 32.1 Å². The lowest BCUT2D eigenvalue weighted by atomic mass is 10.1. The molecule has 1 aromatic rings. The predicted octanol–water partition coefficient (Wildman–Crippen LogP) is 1.93. The Bertz CT molecular complexity index is 371. The molecule has 0 bridgehead atoms. The van der Waals surface area contributed by atoms with Crippen LogP contribution in [-0.4, -0.2) is 34.7 Å². The number of carboxylic acid groups (broad SMARTS) is 1. The summed E-state index contributed by atoms with van der Waals surface area (Å²) in [6.45, 7) is 0.813. The average Bonchev–Trinajstić information content (AvgIpc) is 2.37. The van der Waals surface area contributed by atoms with Crippen LogP contribution in [0.15, 0.2) is 12.4 Å². The van der Waals surface area contributed by atoms with Crippen LogP contribution in [-0.2, 0) is 4.79 Å². The summed E-state index contributed by atoms with van der Waals surface area (Å²) in [4.78, 5) is 18.3. The molecular weight excluding hydrogens is 234 g/mol. The van der Waals surface area contributed by atoms with Gasteiger partial charge in [-0.1, -0.05) is 12.8 Å². The standard InChI is InChI=1S/C12H19N3O3/c1-18-11-8-10(14-9-15-11)13-7-5-3-2-4-6-12(16)17/h8-9H,2-7H2,1H3,(H,16,17)(H,13,14,15). The van der Waals surface area contributed by atoms with E-state index in [0.717, 1.165) is 38.0 Å². The summed E-state index contributed by atoms with van der Waals surface area (Å²) < 4.78 is 4.99. The van der Waals surface area contributed by atoms with Gasteiger partial charge in [0.15, 0.2) is 0 Å². The monoisotopic (exact) mass is 253 g/mol. The molecule has 0 aliphatic rings. The summed E-state index contributed by atoms with van der Waals surface area (Å²) in [6, 6.07) is 1.74. The van der Waals surface area contributed by atoms with Gasteiger partial charge in [-0.3, -0.25) is 4.79 Å². The van der Waals surface area contributed by atoms with Crippen molar-refractivity contribution in [2.24, 2.45) is 0 Å². The highest BCUT2D eigenvalue weighted by Gasteiger charge is 1.98. The number of carbonyl (C=O) groups is 1. The highest BCUT2D eigenvalue weighted by molar-refractivity contribution is 5.66. The summed E-state index contributed by atoms with van der Waals surface area (Å²) in [6.07, 6.45) is 5.41. The number of aliphatic carboxylic acids is 1. The molecule has 0 aliphatic heterocycles. The number of unbranched alkanes of at least 4 members (excludes halogenated alkanes) is 3. The summed E-state index contributed by atoms with van der Waals surface area (Å²) in [7, 11) is 1.56. The Hall–Kier alpha value is -1.85. The van der Waals surface area contributed by atoms with E-state index < -0.39 is 5.97 Å². The number of nitrogens with zero attached hydrogens (tertiary/aromatic N) is 2. The molecule has 6 heteroatoms. The normalized spacial score (nSPS) is 10.1. The molecule has 0 saturated carbocycles. The van der Waals surface area contributed by atoms with Crippen LogP contribution in [0, 0.1) is 0 Å². The zero-order valence-corrected chi connectivity index (χ0v) is 10.6. The van der Waals surface area contributed by atoms with Gasteiger partial charge in [-0.05, 0) is 12.8 Å². The molecule has 0 radical (unpaired) electrons. The van der Waals surface area contributed by atoms with E-state index in [1.807, 2.05) is 0 Å². The van der Waals surface area contributed by atoms with Gasteiger partial charge < -0.3 is 15.2 Å². The summed E-state index contributed by atoms with van der Waals surface area (Å²) in [5.74, 6) is 0.558. The second-order valence-corrected chi connectivity index (χ2v) is 3.93. The molecule has 1 rings (SSSR count). The van der Waals surface area contributed by atoms with Crippen LogP contribution in [0.3, 0.4) is 0 Å². The smallest absolute Gasteiger partial charge is 0.303 e. The number of ether oxygens (including phenoxy) is 1. The maximum atomic E-state index is 10.3. The van der Waals surface area contributed by atoms with E-state index in [1.54, 1.807) is 13.2 Å². The van der Waals surface area contributed by atoms with Gasteiger partial charge in [0.1, 0.15) is 12.1 Å². The fourth-order valence-corrected chi connectivity index (χ4v) is 1.52. The van der Waals surface area contributed by atoms with E-state index in [9.17, 15) is 4.79 Å². The van der Waals surface area contributed by atoms with Gasteiger partial charge in [0.2, 0.25) is 5.88 Å². The van der Waals surface area contributed by atoms with Crippen LogP contribution >= 0.6 is 0 Å². The molecule has 0 aliphatic carbocycles. The van der Waals surface area contributed by atoms with Crippen LogP contribution in [0.25, 0.3) is 0 Å². The molecule has 0 saturated heterocycles. The highest BCUT2D eigenvalue weighted by Crippen LogP contribution is 2.10. The SMILES string of the molecule is COc1cc(NCCCCCCC(=O)O)ncn1. The van der Waals surface area contributed by atoms with Crippen LogP contribution in [0.1, 0.15) is 32.1 Å². The van der Waals surface area contributed by atoms with Crippen molar-refractivity contribution in [2.75, 3.05) is 19.0 Å². The molecule has 100 valence electrons. The first-order chi connectivity index (χ1) is 8.72. The van der Waals surface area contributed by atoms with Crippen LogP contribution < -0.4 is 10.1 Å². The number of rotatable bonds is 9. The molecule has 0 amide bonds. The summed E-state index contributed by atoms with van der Waals surface area (Å²) in [5.41, 5.74) is 0. The molecule has 0 aromatic carbocycles. The largest absolute Gasteiger partial charge is 0.481 e. The number of hydrogen-bond donors (Lipinski definition) is 2. The maximum Gasteiger partial charge on any atom is 0.303 e. The number of carboxylic acids is 1. The first-order valence-corrected chi connectivity index (χ1v) is 6.04. The molecular formula is C12H19N3O3. The summed E-state index contributed by atoms with van der Waals surface area (Å²) in [5, 5.41) is 11.6. The van der Waals surface area contributed by atoms with Gasteiger partial charge in [-0.15, -0.1) is 0 Å². The van der Waals surface area contributed by atoms with Crippen molar-refractivity contribution in [3.05, 3.63) is 12.4 Å². The molecule has 1 aromatic heterocycles. The van der Waals surface area contributed by atoms with Crippen molar-refractivity contribution in [1.82, 2.24) is 9.97 Å². The van der Waals surface area contributed by atoms with Gasteiger partial charge in [0.05, 0.1) is 7.11 Å². The average molecular weight is 253 g/mol. The zero-order chi connectivity index (χ0) is 13.2. The van der Waals surface area contributed by atoms with Gasteiger partial charge in [0, 0.05) is 19.0 Å². The van der Waals surface area contributed by atoms with E-state index in [2.05, 4.69) is 15.3 Å². The first-order valence-electron chi connectivity index (χ1n) is 6.04. The fraction of sp³-hybridized carbons (Fsp3) is 0.583. The molecule has 6 nitrogen and oxygen atoms in total. The minimum absolute atomic E-state index is 0.260. The van der Waals surface area contributed by atoms with Crippen molar-refractivity contribution in [3.63, 3.8) is 0 Å². The van der Waals surface area contributed by atoms with Crippen LogP contribution in [0.5, 0.6) is 5.88 Å². The van der Waals surface area contributed by atoms with Crippen LogP contribution in [0.4, 0.5) is 5.82 Å². The number of hydrogen-bond acceptors (Lipinski definition) is 5. The Morgan fingerprint density at radius 3 is 2.83 bits per heavy atom. The third kappa shape index (κ3) is 6.03. The number of aromatic nitrogens is 2. The molecule has 18 heavy (non-hydrogen) atoms. The van der Waals surface area contributed by atoms with Crippen molar-refractivity contribution >= 4 is 11.8 Å². The number of methoxy groups -OCH3 is 1. The molecule has 1 heterocycles. The first kappa shape index (κ1) is 14.2. The lowest BCUT2D eigenvalue weighted by Crippen LogP contribution is -2.04. The Labute approximate surface area is 106 Å². The van der Waals surface area contributed by atoms with E-state index in [0.29, 0.717) is 5.88 Å². The third-order valence-electron chi connectivity index (χ3n) is 2.47. The Kier molecular flexibility index (Phi) is 6.53. The van der Waals surface area contributed by atoms with E-state index in [4.69, 9.17) is 9.84 Å². The zero-order valence-electron chi connectivity index (χ0n) is 10.6. The minimum Gasteiger partial charge on any atom is -0.481 e. The van der Waals surface area contributed by atoms with Crippen molar-refractivity contribution < 1.29 is 14.6 Å². The predicted molar refractivity (Wildman–Crippen MR) is 67.8 cm³/mol.